The van der Waals surface area contributed by atoms with Gasteiger partial charge in [-0.3, -0.25) is 14.4 Å². The van der Waals surface area contributed by atoms with E-state index in [9.17, 15) is 29.4 Å². The second-order valence-corrected chi connectivity index (χ2v) is 9.03. The highest BCUT2D eigenvalue weighted by molar-refractivity contribution is 7.80. The number of aliphatic hydroxyl groups is 1. The summed E-state index contributed by atoms with van der Waals surface area (Å²) in [5.41, 5.74) is 0. The molecule has 3 amide bonds. The summed E-state index contributed by atoms with van der Waals surface area (Å²) in [6.45, 7) is 2.18. The largest absolute Gasteiger partial charge is 0.480 e. The second kappa shape index (κ2) is 13.0. The minimum absolute atomic E-state index is 0.0476. The molecule has 1 aliphatic carbocycles. The number of carbonyl (C=O) groups excluding carboxylic acids is 3. The minimum Gasteiger partial charge on any atom is -0.480 e. The van der Waals surface area contributed by atoms with Crippen molar-refractivity contribution < 1.29 is 29.4 Å². The van der Waals surface area contributed by atoms with E-state index in [1.165, 1.54) is 0 Å². The molecule has 0 spiro atoms. The third kappa shape index (κ3) is 7.63. The van der Waals surface area contributed by atoms with E-state index in [1.807, 2.05) is 6.92 Å². The van der Waals surface area contributed by atoms with Crippen LogP contribution in [0, 0.1) is 5.92 Å². The first-order valence-corrected chi connectivity index (χ1v) is 12.1. The number of hydrogen-bond acceptors (Lipinski definition) is 7. The van der Waals surface area contributed by atoms with Crippen molar-refractivity contribution in [3.63, 3.8) is 0 Å². The zero-order valence-corrected chi connectivity index (χ0v) is 19.4. The highest BCUT2D eigenvalue weighted by Gasteiger charge is 2.36. The number of aliphatic carboxylic acids is 1. The Bertz CT molecular complexity index is 673. The van der Waals surface area contributed by atoms with Gasteiger partial charge in [0.1, 0.15) is 18.1 Å². The molecule has 2 fully saturated rings. The molecule has 0 unspecified atom stereocenters. The number of amides is 3. The molecule has 6 N–H and O–H groups in total. The van der Waals surface area contributed by atoms with E-state index in [-0.39, 0.29) is 24.0 Å². The first-order chi connectivity index (χ1) is 15.3. The lowest BCUT2D eigenvalue weighted by molar-refractivity contribution is -0.141. The Morgan fingerprint density at radius 3 is 2.22 bits per heavy atom. The molecule has 0 aromatic heterocycles. The predicted octanol–water partition coefficient (Wildman–Crippen LogP) is -0.442. The summed E-state index contributed by atoms with van der Waals surface area (Å²) in [4.78, 5) is 49.9. The van der Waals surface area contributed by atoms with Gasteiger partial charge in [-0.2, -0.15) is 12.6 Å². The molecule has 0 bridgehead atoms. The fourth-order valence-electron chi connectivity index (χ4n) is 4.31. The van der Waals surface area contributed by atoms with Gasteiger partial charge in [0.25, 0.3) is 0 Å². The first-order valence-electron chi connectivity index (χ1n) is 11.4. The number of rotatable bonds is 11. The molecule has 0 aromatic rings. The fourth-order valence-corrected chi connectivity index (χ4v) is 4.56. The topological polar surface area (TPSA) is 157 Å². The second-order valence-electron chi connectivity index (χ2n) is 8.67. The Kier molecular flexibility index (Phi) is 10.7. The summed E-state index contributed by atoms with van der Waals surface area (Å²) in [6, 6.07) is -3.43. The number of hydrogen-bond donors (Lipinski definition) is 7. The number of carboxylic acids is 1. The van der Waals surface area contributed by atoms with Crippen LogP contribution < -0.4 is 21.3 Å². The highest BCUT2D eigenvalue weighted by atomic mass is 32.1. The Morgan fingerprint density at radius 2 is 1.69 bits per heavy atom. The molecule has 10 nitrogen and oxygen atoms in total. The molecular weight excluding hydrogens is 436 g/mol. The number of carbonyl (C=O) groups is 4. The number of β-amino-alcohol motifs (C(OH)–C–C–N with tert-alkyl or cyclic N) is 1. The lowest BCUT2D eigenvalue weighted by Gasteiger charge is -2.32. The van der Waals surface area contributed by atoms with Gasteiger partial charge in [0.15, 0.2) is 0 Å². The van der Waals surface area contributed by atoms with Gasteiger partial charge in [-0.25, -0.2) is 4.79 Å². The third-order valence-electron chi connectivity index (χ3n) is 6.13. The summed E-state index contributed by atoms with van der Waals surface area (Å²) in [6.07, 6.45) is 5.22. The van der Waals surface area contributed by atoms with Crippen molar-refractivity contribution in [3.05, 3.63) is 0 Å². The van der Waals surface area contributed by atoms with Crippen molar-refractivity contribution in [2.75, 3.05) is 12.3 Å². The summed E-state index contributed by atoms with van der Waals surface area (Å²) >= 11 is 3.95. The maximum Gasteiger partial charge on any atom is 0.327 e. The van der Waals surface area contributed by atoms with Crippen LogP contribution >= 0.6 is 12.6 Å². The molecule has 32 heavy (non-hydrogen) atoms. The molecule has 11 heteroatoms. The molecule has 1 saturated heterocycles. The van der Waals surface area contributed by atoms with E-state index >= 15 is 0 Å². The fraction of sp³-hybridized carbons (Fsp3) is 0.810. The van der Waals surface area contributed by atoms with Crippen molar-refractivity contribution in [2.24, 2.45) is 5.92 Å². The van der Waals surface area contributed by atoms with Gasteiger partial charge >= 0.3 is 5.97 Å². The molecule has 182 valence electrons. The van der Waals surface area contributed by atoms with Crippen molar-refractivity contribution in [1.29, 1.82) is 0 Å². The lowest BCUT2D eigenvalue weighted by Crippen LogP contribution is -2.59. The number of carboxylic acid groups (broad SMARTS) is 1. The molecule has 1 heterocycles. The molecule has 0 aromatic carbocycles. The van der Waals surface area contributed by atoms with Crippen LogP contribution in [0.3, 0.4) is 0 Å². The molecule has 2 aliphatic rings. The average Bonchev–Trinajstić information content (AvgIpc) is 3.21. The van der Waals surface area contributed by atoms with E-state index in [4.69, 9.17) is 0 Å². The van der Waals surface area contributed by atoms with Crippen LogP contribution in [-0.2, 0) is 19.2 Å². The lowest BCUT2D eigenvalue weighted by atomic mass is 9.83. The maximum atomic E-state index is 13.2. The normalized spacial score (nSPS) is 24.2. The zero-order chi connectivity index (χ0) is 23.7. The van der Waals surface area contributed by atoms with Crippen LogP contribution in [0.5, 0.6) is 0 Å². The van der Waals surface area contributed by atoms with Crippen LogP contribution in [0.1, 0.15) is 58.3 Å². The molecule has 0 radical (unpaired) electrons. The number of aliphatic hydroxyl groups excluding tert-OH is 1. The number of nitrogens with one attached hydrogen (secondary N) is 4. The van der Waals surface area contributed by atoms with Gasteiger partial charge < -0.3 is 31.5 Å². The van der Waals surface area contributed by atoms with Gasteiger partial charge in [0.2, 0.25) is 17.7 Å². The Balaban J connectivity index is 2.10. The summed E-state index contributed by atoms with van der Waals surface area (Å²) < 4.78 is 0. The van der Waals surface area contributed by atoms with Gasteiger partial charge in [0, 0.05) is 12.3 Å². The van der Waals surface area contributed by atoms with Crippen LogP contribution in [0.2, 0.25) is 0 Å². The molecule has 2 rings (SSSR count). The van der Waals surface area contributed by atoms with Gasteiger partial charge in [-0.1, -0.05) is 32.6 Å². The SMILES string of the molecule is CCC[C@H](NC(=O)[C@@H](NC(=O)[C@@H]1C[C@@H](O)CN1)C1CCCCC1)C(=O)N[C@@H](CS)C(=O)O. The predicted molar refractivity (Wildman–Crippen MR) is 121 cm³/mol. The smallest absolute Gasteiger partial charge is 0.327 e. The average molecular weight is 473 g/mol. The van der Waals surface area contributed by atoms with E-state index < -0.39 is 48.1 Å². The quantitative estimate of drug-likeness (QED) is 0.201. The third-order valence-corrected chi connectivity index (χ3v) is 6.50. The Hall–Kier alpha value is -1.85. The monoisotopic (exact) mass is 472 g/mol. The van der Waals surface area contributed by atoms with E-state index in [0.717, 1.165) is 32.1 Å². The standard InChI is InChI=1S/C21H36N4O6S/c1-2-6-14(18(27)24-16(11-32)21(30)31)23-20(29)17(12-7-4-3-5-8-12)25-19(28)15-9-13(26)10-22-15/h12-17,22,26,32H,2-11H2,1H3,(H,23,29)(H,24,27)(H,25,28)(H,30,31)/t13-,14+,15+,16+,17+/m1/s1. The van der Waals surface area contributed by atoms with Gasteiger partial charge in [0.05, 0.1) is 12.1 Å². The van der Waals surface area contributed by atoms with E-state index in [2.05, 4.69) is 33.9 Å². The van der Waals surface area contributed by atoms with Gasteiger partial charge in [-0.15, -0.1) is 0 Å². The van der Waals surface area contributed by atoms with Crippen LogP contribution in [-0.4, -0.2) is 76.5 Å². The maximum absolute atomic E-state index is 13.2. The molecule has 5 atom stereocenters. The highest BCUT2D eigenvalue weighted by Crippen LogP contribution is 2.27. The van der Waals surface area contributed by atoms with Crippen molar-refractivity contribution in [2.45, 2.75) is 88.6 Å². The van der Waals surface area contributed by atoms with Crippen molar-refractivity contribution >= 4 is 36.3 Å². The number of thiol groups is 1. The molecule has 1 saturated carbocycles. The van der Waals surface area contributed by atoms with Crippen molar-refractivity contribution in [3.8, 4) is 0 Å². The van der Waals surface area contributed by atoms with E-state index in [0.29, 0.717) is 19.4 Å². The van der Waals surface area contributed by atoms with Crippen LogP contribution in [0.15, 0.2) is 0 Å². The minimum atomic E-state index is -1.20. The first kappa shape index (κ1) is 26.4. The van der Waals surface area contributed by atoms with Crippen LogP contribution in [0.4, 0.5) is 0 Å². The van der Waals surface area contributed by atoms with E-state index in [1.54, 1.807) is 0 Å². The summed E-state index contributed by atoms with van der Waals surface area (Å²) in [7, 11) is 0. The Morgan fingerprint density at radius 1 is 1.03 bits per heavy atom. The van der Waals surface area contributed by atoms with Gasteiger partial charge in [-0.05, 0) is 31.6 Å². The zero-order valence-electron chi connectivity index (χ0n) is 18.5. The van der Waals surface area contributed by atoms with Crippen molar-refractivity contribution in [1.82, 2.24) is 21.3 Å². The molecular formula is C21H36N4O6S. The van der Waals surface area contributed by atoms with Crippen LogP contribution in [0.25, 0.3) is 0 Å². The summed E-state index contributed by atoms with van der Waals surface area (Å²) in [5.74, 6) is -2.70. The Labute approximate surface area is 194 Å². The molecule has 1 aliphatic heterocycles. The summed E-state index contributed by atoms with van der Waals surface area (Å²) in [5, 5.41) is 29.8.